The Morgan fingerprint density at radius 2 is 1.01 bits per heavy atom. The number of nitrogens with zero attached hydrogens (tertiary/aromatic N) is 4. The van der Waals surface area contributed by atoms with Crippen LogP contribution in [0.25, 0.3) is 10.8 Å². The summed E-state index contributed by atoms with van der Waals surface area (Å²) < 4.78 is 62.0. The lowest BCUT2D eigenvalue weighted by Crippen LogP contribution is -2.66. The molecule has 6 amide bonds. The molecule has 0 saturated carbocycles. The minimum absolute atomic E-state index is 0.170. The predicted octanol–water partition coefficient (Wildman–Crippen LogP) is 3.39. The molecule has 2 aliphatic carbocycles. The van der Waals surface area contributed by atoms with Gasteiger partial charge in [-0.3, -0.25) is 28.8 Å². The van der Waals surface area contributed by atoms with Crippen molar-refractivity contribution in [1.29, 1.82) is 0 Å². The quantitative estimate of drug-likeness (QED) is 0.0945. The van der Waals surface area contributed by atoms with Gasteiger partial charge in [-0.2, -0.15) is 8.61 Å². The van der Waals surface area contributed by atoms with Gasteiger partial charge in [0.2, 0.25) is 55.5 Å². The maximum absolute atomic E-state index is 14.9. The number of nitrogens with one attached hydrogen (secondary N) is 6. The minimum atomic E-state index is -4.43. The smallest absolute Gasteiger partial charge is 0.246 e. The van der Waals surface area contributed by atoms with Crippen LogP contribution in [0.15, 0.2) is 94.7 Å². The summed E-state index contributed by atoms with van der Waals surface area (Å²) in [6.45, 7) is 12.6. The number of hydrogen-bond donors (Lipinski definition) is 6. The molecule has 4 aromatic carbocycles. The zero-order chi connectivity index (χ0) is 59.6. The van der Waals surface area contributed by atoms with E-state index in [-0.39, 0.29) is 53.4 Å². The Hall–Kier alpha value is -6.30. The van der Waals surface area contributed by atoms with E-state index < -0.39 is 116 Å². The van der Waals surface area contributed by atoms with Gasteiger partial charge in [-0.15, -0.1) is 0 Å². The molecule has 0 radical (unpaired) electrons. The lowest BCUT2D eigenvalue weighted by Gasteiger charge is -2.44. The second kappa shape index (κ2) is 24.9. The lowest BCUT2D eigenvalue weighted by molar-refractivity contribution is -0.148. The third kappa shape index (κ3) is 13.4. The normalized spacial score (nSPS) is 21.7. The summed E-state index contributed by atoms with van der Waals surface area (Å²) in [5.74, 6) is -2.96. The summed E-state index contributed by atoms with van der Waals surface area (Å²) in [5, 5.41) is 18.6. The highest BCUT2D eigenvalue weighted by Gasteiger charge is 2.47. The number of hydrogen-bond acceptors (Lipinski definition) is 12. The standard InChI is InChI=1S/C60H82N10O10S2/c1-37(61-9)53(71)65-51(59(3,4)5)57(75)69-30-28-67(35-49(69)55(73)63-44-25-22-39-16-11-12-18-42(39)32-44)81(77,78)45-26-23-40-24-27-46(34-43(40)33-45)82(79,80)68-29-31-70(58(76)52(60(6,7)8)66-54(72)38(2)62-10)50(36-68)56(74)64-48-21-15-19-41-17-13-14-20-47(41)48/h11-14,16-18,20,23-24,26-27,33-34,37-38,44,48-52,61-62H,15,19,21-22,25,28-32,35-36H2,1-10H3,(H,63,73)(H,64,74)(H,65,71)(H,66,72)/t37-,38-,44+,48+,49-,50-,51+,52+/m0/s1. The number of aryl methyl sites for hydroxylation is 2. The van der Waals surface area contributed by atoms with Crippen LogP contribution < -0.4 is 31.9 Å². The summed E-state index contributed by atoms with van der Waals surface area (Å²) in [7, 11) is -5.59. The second-order valence-electron chi connectivity index (χ2n) is 24.5. The molecule has 22 heteroatoms. The van der Waals surface area contributed by atoms with Crippen LogP contribution in [-0.2, 0) is 68.1 Å². The van der Waals surface area contributed by atoms with Gasteiger partial charge in [0.25, 0.3) is 0 Å². The van der Waals surface area contributed by atoms with Gasteiger partial charge in [0.1, 0.15) is 24.2 Å². The molecular weight excluding hydrogens is 1080 g/mol. The monoisotopic (exact) mass is 1170 g/mol. The van der Waals surface area contributed by atoms with Crippen LogP contribution >= 0.6 is 0 Å². The van der Waals surface area contributed by atoms with Crippen molar-refractivity contribution in [2.45, 2.75) is 152 Å². The van der Waals surface area contributed by atoms with Gasteiger partial charge in [0, 0.05) is 45.3 Å². The first-order valence-electron chi connectivity index (χ1n) is 28.5. The van der Waals surface area contributed by atoms with Crippen LogP contribution in [0.5, 0.6) is 0 Å². The number of piperazine rings is 2. The van der Waals surface area contributed by atoms with Crippen LogP contribution in [0.1, 0.15) is 103 Å². The maximum atomic E-state index is 14.9. The molecule has 2 saturated heterocycles. The van der Waals surface area contributed by atoms with Gasteiger partial charge in [-0.25, -0.2) is 16.8 Å². The third-order valence-electron chi connectivity index (χ3n) is 16.7. The van der Waals surface area contributed by atoms with Gasteiger partial charge in [-0.1, -0.05) is 102 Å². The fourth-order valence-electron chi connectivity index (χ4n) is 11.5. The highest BCUT2D eigenvalue weighted by molar-refractivity contribution is 7.89. The molecule has 444 valence electrons. The first-order valence-corrected chi connectivity index (χ1v) is 31.4. The van der Waals surface area contributed by atoms with Gasteiger partial charge in [-0.05, 0) is 135 Å². The van der Waals surface area contributed by atoms with Crippen molar-refractivity contribution >= 4 is 66.3 Å². The Morgan fingerprint density at radius 1 is 0.549 bits per heavy atom. The van der Waals surface area contributed by atoms with Crippen molar-refractivity contribution < 1.29 is 45.6 Å². The molecule has 0 unspecified atom stereocenters. The zero-order valence-corrected chi connectivity index (χ0v) is 50.5. The maximum Gasteiger partial charge on any atom is 0.246 e. The molecule has 20 nitrogen and oxygen atoms in total. The highest BCUT2D eigenvalue weighted by atomic mass is 32.2. The van der Waals surface area contributed by atoms with Crippen LogP contribution in [0, 0.1) is 10.8 Å². The molecule has 82 heavy (non-hydrogen) atoms. The molecular formula is C60H82N10O10S2. The summed E-state index contributed by atoms with van der Waals surface area (Å²) in [6.07, 6.45) is 4.21. The van der Waals surface area contributed by atoms with Crippen molar-refractivity contribution in [2.24, 2.45) is 10.8 Å². The fraction of sp³-hybridized carbons (Fsp3) is 0.533. The lowest BCUT2D eigenvalue weighted by atomic mass is 9.85. The summed E-state index contributed by atoms with van der Waals surface area (Å²) in [6, 6.07) is 17.9. The number of likely N-dealkylation sites (N-methyl/N-ethyl adjacent to an activating group) is 2. The number of fused-ring (bicyclic) bond motifs is 3. The van der Waals surface area contributed by atoms with Gasteiger partial charge in [0.05, 0.1) is 27.9 Å². The number of carbonyl (C=O) groups is 6. The molecule has 0 spiro atoms. The largest absolute Gasteiger partial charge is 0.351 e. The number of amides is 6. The van der Waals surface area contributed by atoms with E-state index >= 15 is 0 Å². The fourth-order valence-corrected chi connectivity index (χ4v) is 14.4. The van der Waals surface area contributed by atoms with Gasteiger partial charge < -0.3 is 41.7 Å². The van der Waals surface area contributed by atoms with Gasteiger partial charge in [0.15, 0.2) is 0 Å². The predicted molar refractivity (Wildman–Crippen MR) is 313 cm³/mol. The number of benzene rings is 4. The average Bonchev–Trinajstić information content (AvgIpc) is 3.03. The van der Waals surface area contributed by atoms with Gasteiger partial charge >= 0.3 is 0 Å². The molecule has 8 atom stereocenters. The van der Waals surface area contributed by atoms with E-state index in [4.69, 9.17) is 0 Å². The first kappa shape index (κ1) is 61.8. The number of sulfonamides is 2. The molecule has 0 bridgehead atoms. The van der Waals surface area contributed by atoms with E-state index in [1.54, 1.807) is 60.8 Å². The van der Waals surface area contributed by atoms with Crippen molar-refractivity contribution in [2.75, 3.05) is 53.4 Å². The molecule has 4 aromatic rings. The molecule has 2 fully saturated rings. The summed E-state index contributed by atoms with van der Waals surface area (Å²) >= 11 is 0. The number of carbonyl (C=O) groups excluding carboxylic acids is 6. The van der Waals surface area contributed by atoms with Crippen LogP contribution in [0.3, 0.4) is 0 Å². The third-order valence-corrected chi connectivity index (χ3v) is 20.5. The summed E-state index contributed by atoms with van der Waals surface area (Å²) in [4.78, 5) is 87.8. The summed E-state index contributed by atoms with van der Waals surface area (Å²) in [5.41, 5.74) is 2.72. The zero-order valence-electron chi connectivity index (χ0n) is 48.9. The van der Waals surface area contributed by atoms with Crippen molar-refractivity contribution in [3.63, 3.8) is 0 Å². The SMILES string of the molecule is CN[C@@H](C)C(=O)N[C@H](C(=O)N1CCN(S(=O)(=O)c2ccc3ccc(S(=O)(=O)N4CCN(C(=O)[C@@H](NC(=O)[C@H](C)NC)C(C)(C)C)[C@H](C(=O)N[C@@H]5CCCc6ccccc65)C4)cc3c2)C[C@H]1C(=O)N[C@@H]1CCc2ccccc2C1)C(C)(C)C. The van der Waals surface area contributed by atoms with Crippen LogP contribution in [0.4, 0.5) is 0 Å². The number of rotatable bonds is 16. The van der Waals surface area contributed by atoms with Crippen molar-refractivity contribution in [3.8, 4) is 0 Å². The molecule has 4 aliphatic rings. The van der Waals surface area contributed by atoms with E-state index in [1.165, 1.54) is 48.2 Å². The van der Waals surface area contributed by atoms with E-state index in [0.717, 1.165) is 36.0 Å². The Labute approximate surface area is 483 Å². The van der Waals surface area contributed by atoms with Crippen molar-refractivity contribution in [1.82, 2.24) is 50.3 Å². The topological polar surface area (TPSA) is 256 Å². The molecule has 2 heterocycles. The first-order chi connectivity index (χ1) is 38.6. The highest BCUT2D eigenvalue weighted by Crippen LogP contribution is 2.34. The van der Waals surface area contributed by atoms with Crippen LogP contribution in [0.2, 0.25) is 0 Å². The van der Waals surface area contributed by atoms with E-state index in [9.17, 15) is 45.6 Å². The molecule has 2 aliphatic heterocycles. The molecule has 8 rings (SSSR count). The average molecular weight is 1170 g/mol. The Balaban J connectivity index is 1.07. The second-order valence-corrected chi connectivity index (χ2v) is 28.4. The molecule has 0 aromatic heterocycles. The molecule has 6 N–H and O–H groups in total. The Kier molecular flexibility index (Phi) is 18.7. The van der Waals surface area contributed by atoms with E-state index in [0.29, 0.717) is 24.6 Å². The van der Waals surface area contributed by atoms with Crippen molar-refractivity contribution in [3.05, 3.63) is 107 Å². The minimum Gasteiger partial charge on any atom is -0.351 e. The van der Waals surface area contributed by atoms with E-state index in [2.05, 4.69) is 38.0 Å². The Morgan fingerprint density at radius 3 is 1.50 bits per heavy atom. The van der Waals surface area contributed by atoms with Crippen LogP contribution in [-0.4, -0.2) is 166 Å². The Bertz CT molecular complexity index is 3310. The van der Waals surface area contributed by atoms with E-state index in [1.807, 2.05) is 63.2 Å².